The molecule has 1 unspecified atom stereocenters. The molecular formula is C32H28FN3OS. The number of halogens is 1. The molecule has 1 fully saturated rings. The first kappa shape index (κ1) is 23.4. The van der Waals surface area contributed by atoms with Crippen molar-refractivity contribution in [3.05, 3.63) is 126 Å². The van der Waals surface area contributed by atoms with Gasteiger partial charge in [0.2, 0.25) is 0 Å². The van der Waals surface area contributed by atoms with Gasteiger partial charge in [-0.3, -0.25) is 9.36 Å². The summed E-state index contributed by atoms with van der Waals surface area (Å²) in [7, 11) is 0. The summed E-state index contributed by atoms with van der Waals surface area (Å²) >= 11 is 1.43. The van der Waals surface area contributed by atoms with Crippen LogP contribution in [0.25, 0.3) is 11.8 Å². The molecule has 0 bridgehead atoms. The minimum atomic E-state index is -0.295. The van der Waals surface area contributed by atoms with E-state index in [0.29, 0.717) is 9.33 Å². The molecule has 0 saturated carbocycles. The van der Waals surface area contributed by atoms with Crippen LogP contribution in [-0.4, -0.2) is 17.7 Å². The van der Waals surface area contributed by atoms with Crippen LogP contribution in [0.2, 0.25) is 0 Å². The molecule has 0 amide bonds. The fourth-order valence-electron chi connectivity index (χ4n) is 6.20. The van der Waals surface area contributed by atoms with E-state index in [9.17, 15) is 9.18 Å². The maximum absolute atomic E-state index is 13.9. The van der Waals surface area contributed by atoms with E-state index in [1.54, 1.807) is 12.1 Å². The van der Waals surface area contributed by atoms with Gasteiger partial charge in [-0.25, -0.2) is 9.38 Å². The van der Waals surface area contributed by atoms with E-state index in [2.05, 4.69) is 48.2 Å². The first-order valence-electron chi connectivity index (χ1n) is 13.3. The highest BCUT2D eigenvalue weighted by Crippen LogP contribution is 2.41. The van der Waals surface area contributed by atoms with Gasteiger partial charge in [0.15, 0.2) is 4.80 Å². The third kappa shape index (κ3) is 3.86. The highest BCUT2D eigenvalue weighted by Gasteiger charge is 2.32. The van der Waals surface area contributed by atoms with E-state index in [4.69, 9.17) is 4.99 Å². The molecule has 0 radical (unpaired) electrons. The van der Waals surface area contributed by atoms with Crippen molar-refractivity contribution in [3.63, 3.8) is 0 Å². The van der Waals surface area contributed by atoms with E-state index in [1.807, 2.05) is 16.7 Å². The minimum Gasteiger partial charge on any atom is -0.371 e. The second-order valence-corrected chi connectivity index (χ2v) is 11.4. The smallest absolute Gasteiger partial charge is 0.271 e. The highest BCUT2D eigenvalue weighted by molar-refractivity contribution is 7.07. The Labute approximate surface area is 224 Å². The molecular weight excluding hydrogens is 493 g/mol. The zero-order valence-corrected chi connectivity index (χ0v) is 22.1. The Morgan fingerprint density at radius 1 is 1.00 bits per heavy atom. The topological polar surface area (TPSA) is 37.6 Å². The van der Waals surface area contributed by atoms with Crippen molar-refractivity contribution in [1.29, 1.82) is 0 Å². The van der Waals surface area contributed by atoms with Crippen LogP contribution in [0.1, 0.15) is 53.1 Å². The van der Waals surface area contributed by atoms with Crippen molar-refractivity contribution in [2.75, 3.05) is 18.0 Å². The van der Waals surface area contributed by atoms with Crippen LogP contribution >= 0.6 is 11.3 Å². The van der Waals surface area contributed by atoms with Gasteiger partial charge in [0.05, 0.1) is 16.3 Å². The molecule has 1 atom stereocenters. The number of anilines is 1. The molecule has 4 aromatic rings. The van der Waals surface area contributed by atoms with Crippen LogP contribution in [0.4, 0.5) is 10.1 Å². The van der Waals surface area contributed by atoms with Crippen LogP contribution in [-0.2, 0) is 6.42 Å². The summed E-state index contributed by atoms with van der Waals surface area (Å²) in [6.07, 6.45) is 6.19. The summed E-state index contributed by atoms with van der Waals surface area (Å²) in [5, 5.41) is 0. The van der Waals surface area contributed by atoms with Gasteiger partial charge >= 0.3 is 0 Å². The Kier molecular flexibility index (Phi) is 5.66. The fraction of sp³-hybridized carbons (Fsp3) is 0.250. The zero-order chi connectivity index (χ0) is 25.8. The largest absolute Gasteiger partial charge is 0.371 e. The number of aromatic nitrogens is 1. The second kappa shape index (κ2) is 9.21. The number of hydrogen-bond acceptors (Lipinski definition) is 4. The van der Waals surface area contributed by atoms with Crippen LogP contribution in [0, 0.1) is 12.7 Å². The van der Waals surface area contributed by atoms with Gasteiger partial charge < -0.3 is 4.90 Å². The SMILES string of the molecule is Cc1cc(C=c2sc3n(c2=O)C(c2ccc(F)cc2)C2=C(N=3)c3ccccc3CC2)ccc1N1CCCC1. The molecule has 3 heterocycles. The molecule has 3 aliphatic rings. The lowest BCUT2D eigenvalue weighted by atomic mass is 9.83. The molecule has 1 aliphatic carbocycles. The lowest BCUT2D eigenvalue weighted by Crippen LogP contribution is -2.38. The number of benzene rings is 3. The Bertz CT molecular complexity index is 1770. The predicted octanol–water partition coefficient (Wildman–Crippen LogP) is 5.37. The van der Waals surface area contributed by atoms with Gasteiger partial charge in [-0.2, -0.15) is 0 Å². The van der Waals surface area contributed by atoms with E-state index in [1.165, 1.54) is 53.1 Å². The summed E-state index contributed by atoms with van der Waals surface area (Å²) in [6, 6.07) is 21.1. The van der Waals surface area contributed by atoms with Gasteiger partial charge in [-0.15, -0.1) is 0 Å². The number of rotatable bonds is 3. The molecule has 190 valence electrons. The van der Waals surface area contributed by atoms with Crippen LogP contribution < -0.4 is 19.8 Å². The third-order valence-corrected chi connectivity index (χ3v) is 9.01. The molecule has 6 heteroatoms. The zero-order valence-electron chi connectivity index (χ0n) is 21.3. The highest BCUT2D eigenvalue weighted by atomic mass is 32.1. The quantitative estimate of drug-likeness (QED) is 0.364. The van der Waals surface area contributed by atoms with Crippen molar-refractivity contribution in [2.24, 2.45) is 4.99 Å². The van der Waals surface area contributed by atoms with Gasteiger partial charge in [-0.1, -0.05) is 53.8 Å². The molecule has 0 spiro atoms. The Morgan fingerprint density at radius 2 is 1.79 bits per heavy atom. The number of allylic oxidation sites excluding steroid dienone is 1. The summed E-state index contributed by atoms with van der Waals surface area (Å²) in [6.45, 7) is 4.36. The van der Waals surface area contributed by atoms with Crippen molar-refractivity contribution in [2.45, 2.75) is 38.6 Å². The molecule has 7 rings (SSSR count). The van der Waals surface area contributed by atoms with Gasteiger partial charge in [-0.05, 0) is 90.8 Å². The molecule has 2 aliphatic heterocycles. The average molecular weight is 522 g/mol. The van der Waals surface area contributed by atoms with Crippen LogP contribution in [0.15, 0.2) is 82.1 Å². The van der Waals surface area contributed by atoms with Crippen LogP contribution in [0.5, 0.6) is 0 Å². The summed E-state index contributed by atoms with van der Waals surface area (Å²) < 4.78 is 16.3. The van der Waals surface area contributed by atoms with Crippen molar-refractivity contribution in [3.8, 4) is 0 Å². The van der Waals surface area contributed by atoms with E-state index in [0.717, 1.165) is 53.9 Å². The van der Waals surface area contributed by atoms with Gasteiger partial charge in [0.25, 0.3) is 5.56 Å². The normalized spacial score (nSPS) is 18.7. The van der Waals surface area contributed by atoms with Gasteiger partial charge in [0, 0.05) is 24.3 Å². The monoisotopic (exact) mass is 521 g/mol. The van der Waals surface area contributed by atoms with Crippen LogP contribution in [0.3, 0.4) is 0 Å². The van der Waals surface area contributed by atoms with E-state index in [-0.39, 0.29) is 17.4 Å². The summed E-state index contributed by atoms with van der Waals surface area (Å²) in [5.41, 5.74) is 8.88. The average Bonchev–Trinajstić information content (AvgIpc) is 3.57. The first-order chi connectivity index (χ1) is 18.6. The van der Waals surface area contributed by atoms with E-state index >= 15 is 0 Å². The Balaban J connectivity index is 1.39. The molecule has 4 nitrogen and oxygen atoms in total. The standard InChI is InChI=1S/C32H28FN3OS/c1-20-18-21(8-15-27(20)35-16-4-5-17-35)19-28-31(37)36-30(23-9-12-24(33)13-10-23)26-14-11-22-6-2-3-7-25(22)29(26)34-32(36)38-28/h2-3,6-10,12-13,15,18-19,30H,4-5,11,14,16-17H2,1H3. The number of hydrogen-bond donors (Lipinski definition) is 0. The lowest BCUT2D eigenvalue weighted by Gasteiger charge is -2.30. The third-order valence-electron chi connectivity index (χ3n) is 8.02. The Hall–Kier alpha value is -3.77. The van der Waals surface area contributed by atoms with Crippen molar-refractivity contribution >= 4 is 28.8 Å². The Morgan fingerprint density at radius 3 is 2.58 bits per heavy atom. The molecule has 1 aromatic heterocycles. The number of thiazole rings is 1. The minimum absolute atomic E-state index is 0.0465. The van der Waals surface area contributed by atoms with E-state index < -0.39 is 0 Å². The van der Waals surface area contributed by atoms with Gasteiger partial charge in [0.1, 0.15) is 5.82 Å². The molecule has 38 heavy (non-hydrogen) atoms. The second-order valence-electron chi connectivity index (χ2n) is 10.4. The fourth-order valence-corrected chi connectivity index (χ4v) is 7.20. The predicted molar refractivity (Wildman–Crippen MR) is 152 cm³/mol. The maximum Gasteiger partial charge on any atom is 0.271 e. The molecule has 0 N–H and O–H groups in total. The summed E-state index contributed by atoms with van der Waals surface area (Å²) in [4.78, 5) is 22.1. The lowest BCUT2D eigenvalue weighted by molar-refractivity contribution is 0.581. The summed E-state index contributed by atoms with van der Waals surface area (Å²) in [5.74, 6) is -0.280. The van der Waals surface area contributed by atoms with Crippen molar-refractivity contribution < 1.29 is 4.39 Å². The number of aryl methyl sites for hydroxylation is 2. The number of fused-ring (bicyclic) bond motifs is 3. The maximum atomic E-state index is 13.9. The number of nitrogens with zero attached hydrogens (tertiary/aromatic N) is 3. The molecule has 1 saturated heterocycles. The molecule has 3 aromatic carbocycles. The first-order valence-corrected chi connectivity index (χ1v) is 14.1. The van der Waals surface area contributed by atoms with Crippen molar-refractivity contribution in [1.82, 2.24) is 4.57 Å².